The maximum absolute atomic E-state index is 8.71. The van der Waals surface area contributed by atoms with Crippen LogP contribution < -0.4 is 0 Å². The van der Waals surface area contributed by atoms with Gasteiger partial charge in [-0.05, 0) is 25.9 Å². The minimum atomic E-state index is 0.296. The zero-order valence-corrected chi connectivity index (χ0v) is 9.69. The van der Waals surface area contributed by atoms with Crippen LogP contribution in [0, 0.1) is 0 Å². The molecular formula is C11H21N3O. The van der Waals surface area contributed by atoms with E-state index in [-0.39, 0.29) is 0 Å². The van der Waals surface area contributed by atoms with Gasteiger partial charge >= 0.3 is 0 Å². The standard InChI is InChI=1S/C11H21N3O/c1-3-14(6-4-5-7-15)10-11-8-12-13(2)9-11/h8-9,15H,3-7,10H2,1-2H3. The number of hydrogen-bond acceptors (Lipinski definition) is 3. The maximum atomic E-state index is 8.71. The largest absolute Gasteiger partial charge is 0.396 e. The second kappa shape index (κ2) is 6.58. The van der Waals surface area contributed by atoms with Crippen LogP contribution in [0.2, 0.25) is 0 Å². The van der Waals surface area contributed by atoms with Gasteiger partial charge in [-0.3, -0.25) is 9.58 Å². The molecule has 0 saturated heterocycles. The van der Waals surface area contributed by atoms with E-state index in [9.17, 15) is 0 Å². The molecule has 0 bridgehead atoms. The Morgan fingerprint density at radius 1 is 1.47 bits per heavy atom. The van der Waals surface area contributed by atoms with Crippen LogP contribution in [-0.2, 0) is 13.6 Å². The second-order valence-corrected chi connectivity index (χ2v) is 3.82. The van der Waals surface area contributed by atoms with Gasteiger partial charge in [0.2, 0.25) is 0 Å². The summed E-state index contributed by atoms with van der Waals surface area (Å²) in [6.07, 6.45) is 5.91. The van der Waals surface area contributed by atoms with Crippen molar-refractivity contribution in [1.29, 1.82) is 0 Å². The molecule has 0 amide bonds. The summed E-state index contributed by atoms with van der Waals surface area (Å²) in [5.74, 6) is 0. The van der Waals surface area contributed by atoms with Gasteiger partial charge in [0.15, 0.2) is 0 Å². The van der Waals surface area contributed by atoms with E-state index >= 15 is 0 Å². The van der Waals surface area contributed by atoms with E-state index in [4.69, 9.17) is 5.11 Å². The molecule has 0 fully saturated rings. The lowest BCUT2D eigenvalue weighted by Crippen LogP contribution is -2.24. The Morgan fingerprint density at radius 3 is 2.80 bits per heavy atom. The van der Waals surface area contributed by atoms with Crippen molar-refractivity contribution in [2.24, 2.45) is 7.05 Å². The zero-order chi connectivity index (χ0) is 11.1. The van der Waals surface area contributed by atoms with Crippen LogP contribution in [0.25, 0.3) is 0 Å². The smallest absolute Gasteiger partial charge is 0.0534 e. The number of nitrogens with zero attached hydrogens (tertiary/aromatic N) is 3. The van der Waals surface area contributed by atoms with Crippen molar-refractivity contribution in [3.63, 3.8) is 0 Å². The van der Waals surface area contributed by atoms with Crippen molar-refractivity contribution < 1.29 is 5.11 Å². The molecule has 0 aliphatic heterocycles. The van der Waals surface area contributed by atoms with E-state index in [2.05, 4.69) is 23.1 Å². The molecule has 0 spiro atoms. The molecule has 1 rings (SSSR count). The summed E-state index contributed by atoms with van der Waals surface area (Å²) in [6.45, 7) is 5.50. The van der Waals surface area contributed by atoms with Gasteiger partial charge in [0.25, 0.3) is 0 Å². The van der Waals surface area contributed by atoms with E-state index in [1.165, 1.54) is 5.56 Å². The SMILES string of the molecule is CCN(CCCCO)Cc1cnn(C)c1. The van der Waals surface area contributed by atoms with E-state index in [1.54, 1.807) is 0 Å². The molecule has 0 atom stereocenters. The van der Waals surface area contributed by atoms with Crippen LogP contribution in [0.1, 0.15) is 25.3 Å². The minimum absolute atomic E-state index is 0.296. The topological polar surface area (TPSA) is 41.3 Å². The lowest BCUT2D eigenvalue weighted by molar-refractivity contribution is 0.243. The van der Waals surface area contributed by atoms with Gasteiger partial charge in [-0.2, -0.15) is 5.10 Å². The van der Waals surface area contributed by atoms with Gasteiger partial charge in [-0.25, -0.2) is 0 Å². The summed E-state index contributed by atoms with van der Waals surface area (Å²) in [5, 5.41) is 12.9. The summed E-state index contributed by atoms with van der Waals surface area (Å²) in [6, 6.07) is 0. The molecule has 0 saturated carbocycles. The average Bonchev–Trinajstić information content (AvgIpc) is 2.63. The van der Waals surface area contributed by atoms with Crippen LogP contribution in [-0.4, -0.2) is 39.5 Å². The van der Waals surface area contributed by atoms with Crippen LogP contribution >= 0.6 is 0 Å². The van der Waals surface area contributed by atoms with E-state index in [0.717, 1.165) is 32.5 Å². The Morgan fingerprint density at radius 2 is 2.27 bits per heavy atom. The van der Waals surface area contributed by atoms with Crippen molar-refractivity contribution in [1.82, 2.24) is 14.7 Å². The average molecular weight is 211 g/mol. The number of rotatable bonds is 7. The number of aliphatic hydroxyl groups excluding tert-OH is 1. The van der Waals surface area contributed by atoms with Crippen molar-refractivity contribution >= 4 is 0 Å². The fraction of sp³-hybridized carbons (Fsp3) is 0.727. The number of aryl methyl sites for hydroxylation is 1. The summed E-state index contributed by atoms with van der Waals surface area (Å²) < 4.78 is 1.83. The zero-order valence-electron chi connectivity index (χ0n) is 9.69. The molecule has 1 heterocycles. The monoisotopic (exact) mass is 211 g/mol. The summed E-state index contributed by atoms with van der Waals surface area (Å²) in [5.41, 5.74) is 1.25. The summed E-state index contributed by atoms with van der Waals surface area (Å²) in [4.78, 5) is 2.37. The van der Waals surface area contributed by atoms with Gasteiger partial charge in [-0.15, -0.1) is 0 Å². The van der Waals surface area contributed by atoms with Crippen LogP contribution in [0.15, 0.2) is 12.4 Å². The molecule has 86 valence electrons. The quantitative estimate of drug-likeness (QED) is 0.684. The van der Waals surface area contributed by atoms with Crippen molar-refractivity contribution in [2.75, 3.05) is 19.7 Å². The van der Waals surface area contributed by atoms with Gasteiger partial charge in [0.1, 0.15) is 0 Å². The fourth-order valence-corrected chi connectivity index (χ4v) is 1.61. The predicted octanol–water partition coefficient (Wildman–Crippen LogP) is 1.01. The first-order valence-electron chi connectivity index (χ1n) is 5.57. The normalized spacial score (nSPS) is 11.2. The molecule has 0 aromatic carbocycles. The summed E-state index contributed by atoms with van der Waals surface area (Å²) in [7, 11) is 1.94. The number of aromatic nitrogens is 2. The van der Waals surface area contributed by atoms with E-state index < -0.39 is 0 Å². The molecule has 15 heavy (non-hydrogen) atoms. The lowest BCUT2D eigenvalue weighted by atomic mass is 10.2. The molecule has 4 heteroatoms. The van der Waals surface area contributed by atoms with Crippen LogP contribution in [0.4, 0.5) is 0 Å². The molecule has 1 aromatic rings. The first-order valence-corrected chi connectivity index (χ1v) is 5.57. The lowest BCUT2D eigenvalue weighted by Gasteiger charge is -2.19. The number of unbranched alkanes of at least 4 members (excludes halogenated alkanes) is 1. The highest BCUT2D eigenvalue weighted by atomic mass is 16.2. The Balaban J connectivity index is 2.33. The Hall–Kier alpha value is -0.870. The van der Waals surface area contributed by atoms with E-state index in [1.807, 2.05) is 17.9 Å². The van der Waals surface area contributed by atoms with Crippen molar-refractivity contribution in [3.8, 4) is 0 Å². The second-order valence-electron chi connectivity index (χ2n) is 3.82. The molecule has 4 nitrogen and oxygen atoms in total. The maximum Gasteiger partial charge on any atom is 0.0534 e. The van der Waals surface area contributed by atoms with Gasteiger partial charge in [0, 0.05) is 32.0 Å². The molecule has 1 N–H and O–H groups in total. The molecule has 1 aromatic heterocycles. The minimum Gasteiger partial charge on any atom is -0.396 e. The Labute approximate surface area is 91.5 Å². The van der Waals surface area contributed by atoms with Gasteiger partial charge in [0.05, 0.1) is 6.20 Å². The first-order chi connectivity index (χ1) is 7.26. The Bertz CT molecular complexity index is 273. The third-order valence-electron chi connectivity index (χ3n) is 2.49. The molecule has 0 aliphatic rings. The van der Waals surface area contributed by atoms with Crippen LogP contribution in [0.5, 0.6) is 0 Å². The highest BCUT2D eigenvalue weighted by Crippen LogP contribution is 2.04. The molecule has 0 unspecified atom stereocenters. The number of hydrogen-bond donors (Lipinski definition) is 1. The molecular weight excluding hydrogens is 190 g/mol. The van der Waals surface area contributed by atoms with Crippen molar-refractivity contribution in [3.05, 3.63) is 18.0 Å². The van der Waals surface area contributed by atoms with E-state index in [0.29, 0.717) is 6.61 Å². The highest BCUT2D eigenvalue weighted by Gasteiger charge is 2.04. The van der Waals surface area contributed by atoms with Gasteiger partial charge < -0.3 is 5.11 Å². The van der Waals surface area contributed by atoms with Gasteiger partial charge in [-0.1, -0.05) is 6.92 Å². The summed E-state index contributed by atoms with van der Waals surface area (Å²) >= 11 is 0. The molecule has 0 aliphatic carbocycles. The number of aliphatic hydroxyl groups is 1. The fourth-order valence-electron chi connectivity index (χ4n) is 1.61. The predicted molar refractivity (Wildman–Crippen MR) is 60.5 cm³/mol. The highest BCUT2D eigenvalue weighted by molar-refractivity contribution is 5.03. The molecule has 0 radical (unpaired) electrons. The Kier molecular flexibility index (Phi) is 5.36. The third kappa shape index (κ3) is 4.44. The van der Waals surface area contributed by atoms with Crippen molar-refractivity contribution in [2.45, 2.75) is 26.3 Å². The van der Waals surface area contributed by atoms with Crippen LogP contribution in [0.3, 0.4) is 0 Å². The first kappa shape index (κ1) is 12.2. The third-order valence-corrected chi connectivity index (χ3v) is 2.49.